The van der Waals surface area contributed by atoms with Crippen LogP contribution in [0.3, 0.4) is 0 Å². The van der Waals surface area contributed by atoms with Gasteiger partial charge in [0.15, 0.2) is 0 Å². The van der Waals surface area contributed by atoms with Gasteiger partial charge in [-0.2, -0.15) is 4.79 Å². The van der Waals surface area contributed by atoms with Crippen molar-refractivity contribution in [1.29, 1.82) is 0 Å². The highest BCUT2D eigenvalue weighted by atomic mass is 32.2. The van der Waals surface area contributed by atoms with E-state index < -0.39 is 15.3 Å². The Morgan fingerprint density at radius 1 is 1.42 bits per heavy atom. The maximum Gasteiger partial charge on any atom is 0.314 e. The van der Waals surface area contributed by atoms with E-state index in [2.05, 4.69) is 4.79 Å². The summed E-state index contributed by atoms with van der Waals surface area (Å²) < 4.78 is 21.5. The molecule has 0 heterocycles. The third kappa shape index (κ3) is 1.88. The second-order valence-corrected chi connectivity index (χ2v) is 4.02. The minimum absolute atomic E-state index is 0.301. The van der Waals surface area contributed by atoms with Crippen molar-refractivity contribution in [3.63, 3.8) is 0 Å². The molecule has 0 saturated carbocycles. The smallest absolute Gasteiger partial charge is 0.314 e. The molecular formula is C6H7N3O2S. The first-order valence-electron chi connectivity index (χ1n) is 3.14. The summed E-state index contributed by atoms with van der Waals surface area (Å²) in [7, 11) is -3.57. The number of sulfonamides is 1. The zero-order valence-electron chi connectivity index (χ0n) is 6.08. The topological polar surface area (TPSA) is 96.6 Å². The molecule has 0 saturated heterocycles. The van der Waals surface area contributed by atoms with Crippen molar-refractivity contribution in [1.82, 2.24) is 0 Å². The molecule has 2 N–H and O–H groups in total. The van der Waals surface area contributed by atoms with Crippen LogP contribution in [0.1, 0.15) is 0 Å². The zero-order chi connectivity index (χ0) is 9.19. The Labute approximate surface area is 69.9 Å². The van der Waals surface area contributed by atoms with Crippen LogP contribution in [0.15, 0.2) is 24.3 Å². The number of hydrogen-bond donors (Lipinski definition) is 1. The van der Waals surface area contributed by atoms with E-state index >= 15 is 0 Å². The average molecular weight is 185 g/mol. The van der Waals surface area contributed by atoms with Crippen LogP contribution in [-0.2, 0) is 10.0 Å². The molecule has 6 heteroatoms. The summed E-state index contributed by atoms with van der Waals surface area (Å²) in [4.78, 5) is 2.87. The van der Waals surface area contributed by atoms with Crippen molar-refractivity contribution in [2.45, 2.75) is 5.25 Å². The van der Waals surface area contributed by atoms with Gasteiger partial charge < -0.3 is 5.53 Å². The monoisotopic (exact) mass is 185 g/mol. The zero-order valence-corrected chi connectivity index (χ0v) is 6.90. The molecule has 0 aliphatic heterocycles. The quantitative estimate of drug-likeness (QED) is 0.437. The van der Waals surface area contributed by atoms with Crippen molar-refractivity contribution in [2.75, 3.05) is 0 Å². The molecule has 0 spiro atoms. The Balaban J connectivity index is 2.96. The van der Waals surface area contributed by atoms with Crippen molar-refractivity contribution in [2.24, 2.45) is 5.14 Å². The van der Waals surface area contributed by atoms with Crippen molar-refractivity contribution in [3.05, 3.63) is 29.8 Å². The second kappa shape index (κ2) is 3.02. The molecule has 1 rings (SSSR count). The summed E-state index contributed by atoms with van der Waals surface area (Å²) in [6, 6.07) is 0. The van der Waals surface area contributed by atoms with Gasteiger partial charge in [0.05, 0.1) is 0 Å². The van der Waals surface area contributed by atoms with Crippen molar-refractivity contribution in [3.8, 4) is 0 Å². The van der Waals surface area contributed by atoms with E-state index in [1.165, 1.54) is 24.3 Å². The minimum Gasteiger partial charge on any atom is -0.361 e. The van der Waals surface area contributed by atoms with Crippen molar-refractivity contribution < 1.29 is 13.2 Å². The molecule has 0 radical (unpaired) electrons. The molecule has 0 amide bonds. The van der Waals surface area contributed by atoms with Crippen LogP contribution in [-0.4, -0.2) is 24.2 Å². The van der Waals surface area contributed by atoms with Crippen LogP contribution in [0.25, 0.3) is 5.53 Å². The summed E-state index contributed by atoms with van der Waals surface area (Å²) in [5.41, 5.74) is 8.59. The predicted molar refractivity (Wildman–Crippen MR) is 43.8 cm³/mol. The lowest BCUT2D eigenvalue weighted by atomic mass is 10.2. The minimum atomic E-state index is -3.57. The Morgan fingerprint density at radius 2 is 1.92 bits per heavy atom. The van der Waals surface area contributed by atoms with Crippen LogP contribution in [0, 0.1) is 0 Å². The maximum absolute atomic E-state index is 10.8. The molecule has 0 aromatic heterocycles. The maximum atomic E-state index is 10.8. The van der Waals surface area contributed by atoms with Gasteiger partial charge in [0.2, 0.25) is 10.0 Å². The lowest BCUT2D eigenvalue weighted by Crippen LogP contribution is -2.26. The van der Waals surface area contributed by atoms with Gasteiger partial charge in [0.25, 0.3) is 0 Å². The number of primary sulfonamides is 1. The fraction of sp³-hybridized carbons (Fsp3) is 0.167. The van der Waals surface area contributed by atoms with E-state index in [0.29, 0.717) is 5.71 Å². The number of allylic oxidation sites excluding steroid dienone is 2. The van der Waals surface area contributed by atoms with Crippen LogP contribution in [0.2, 0.25) is 0 Å². The molecule has 0 aromatic rings. The van der Waals surface area contributed by atoms with Gasteiger partial charge in [-0.1, -0.05) is 12.2 Å². The molecule has 0 bridgehead atoms. The summed E-state index contributed by atoms with van der Waals surface area (Å²) >= 11 is 0. The van der Waals surface area contributed by atoms with Crippen LogP contribution >= 0.6 is 0 Å². The Hall–Kier alpha value is -1.23. The summed E-state index contributed by atoms with van der Waals surface area (Å²) in [6.07, 6.45) is 5.47. The fourth-order valence-corrected chi connectivity index (χ4v) is 1.39. The number of nitrogens with two attached hydrogens (primary N) is 1. The van der Waals surface area contributed by atoms with Crippen LogP contribution in [0.4, 0.5) is 0 Å². The van der Waals surface area contributed by atoms with E-state index in [4.69, 9.17) is 10.7 Å². The number of hydrogen-bond acceptors (Lipinski definition) is 2. The highest BCUT2D eigenvalue weighted by molar-refractivity contribution is 7.90. The molecule has 0 fully saturated rings. The Morgan fingerprint density at radius 3 is 2.25 bits per heavy atom. The summed E-state index contributed by atoms with van der Waals surface area (Å²) in [6.45, 7) is 0. The van der Waals surface area contributed by atoms with Gasteiger partial charge in [-0.15, -0.1) is 0 Å². The average Bonchev–Trinajstić information content (AvgIpc) is 2.03. The van der Waals surface area contributed by atoms with Crippen LogP contribution < -0.4 is 5.14 Å². The normalized spacial score (nSPS) is 22.4. The lowest BCUT2D eigenvalue weighted by Gasteiger charge is -2.04. The molecular weight excluding hydrogens is 178 g/mol. The van der Waals surface area contributed by atoms with Gasteiger partial charge in [-0.25, -0.2) is 13.6 Å². The van der Waals surface area contributed by atoms with E-state index in [1.807, 2.05) is 0 Å². The first kappa shape index (κ1) is 8.86. The molecule has 0 atom stereocenters. The van der Waals surface area contributed by atoms with E-state index in [1.54, 1.807) is 0 Å². The molecule has 0 unspecified atom stereocenters. The van der Waals surface area contributed by atoms with E-state index in [0.717, 1.165) is 0 Å². The highest BCUT2D eigenvalue weighted by Crippen LogP contribution is 2.05. The first-order chi connectivity index (χ1) is 5.54. The molecule has 12 heavy (non-hydrogen) atoms. The Bertz CT molecular complexity index is 371. The predicted octanol–water partition coefficient (Wildman–Crippen LogP) is -0.560. The van der Waals surface area contributed by atoms with E-state index in [9.17, 15) is 8.42 Å². The van der Waals surface area contributed by atoms with Gasteiger partial charge in [0.1, 0.15) is 5.25 Å². The third-order valence-corrected chi connectivity index (χ3v) is 2.48. The largest absolute Gasteiger partial charge is 0.361 e. The molecule has 1 aliphatic carbocycles. The fourth-order valence-electron chi connectivity index (χ4n) is 0.792. The SMILES string of the molecule is [N-]=[N+]=C1C=CC(S(N)(=O)=O)C=C1. The summed E-state index contributed by atoms with van der Waals surface area (Å²) in [5.74, 6) is 0. The molecule has 0 aromatic carbocycles. The van der Waals surface area contributed by atoms with Crippen molar-refractivity contribution >= 4 is 15.7 Å². The van der Waals surface area contributed by atoms with Gasteiger partial charge >= 0.3 is 5.71 Å². The molecule has 5 nitrogen and oxygen atoms in total. The van der Waals surface area contributed by atoms with Gasteiger partial charge in [-0.05, 0) is 0 Å². The molecule has 1 aliphatic rings. The van der Waals surface area contributed by atoms with Gasteiger partial charge in [-0.3, -0.25) is 0 Å². The second-order valence-electron chi connectivity index (χ2n) is 2.30. The summed E-state index contributed by atoms with van der Waals surface area (Å²) in [5, 5.41) is 4.05. The lowest BCUT2D eigenvalue weighted by molar-refractivity contribution is -0.00160. The number of rotatable bonds is 1. The van der Waals surface area contributed by atoms with Gasteiger partial charge in [0, 0.05) is 12.2 Å². The van der Waals surface area contributed by atoms with E-state index in [-0.39, 0.29) is 0 Å². The Kier molecular flexibility index (Phi) is 2.23. The number of nitrogens with zero attached hydrogens (tertiary/aromatic N) is 2. The van der Waals surface area contributed by atoms with Crippen LogP contribution in [0.5, 0.6) is 0 Å². The standard InChI is InChI=1S/C6H7N3O2S/c7-9-5-1-3-6(4-2-5)12(8,10)11/h1-4,6H,(H2,8,10,11). The first-order valence-corrected chi connectivity index (χ1v) is 4.75. The molecule has 64 valence electrons. The third-order valence-electron chi connectivity index (χ3n) is 1.41. The highest BCUT2D eigenvalue weighted by Gasteiger charge is 2.19.